The van der Waals surface area contributed by atoms with Gasteiger partial charge in [0.2, 0.25) is 0 Å². The molecule has 0 bridgehead atoms. The van der Waals surface area contributed by atoms with Gasteiger partial charge in [-0.25, -0.2) is 4.79 Å². The molecule has 0 radical (unpaired) electrons. The van der Waals surface area contributed by atoms with Crippen LogP contribution >= 0.6 is 0 Å². The highest BCUT2D eigenvalue weighted by Crippen LogP contribution is 2.25. The quantitative estimate of drug-likeness (QED) is 0.293. The fraction of sp³-hybridized carbons (Fsp3) is 0.0526. The lowest BCUT2D eigenvalue weighted by molar-refractivity contribution is -0.386. The zero-order chi connectivity index (χ0) is 24.3. The summed E-state index contributed by atoms with van der Waals surface area (Å²) in [6.07, 6.45) is 2.49. The highest BCUT2D eigenvalue weighted by atomic mass is 32.2. The summed E-state index contributed by atoms with van der Waals surface area (Å²) >= 11 is 0. The van der Waals surface area contributed by atoms with Crippen molar-refractivity contribution in [1.29, 1.82) is 0 Å². The van der Waals surface area contributed by atoms with E-state index < -0.39 is 41.8 Å². The van der Waals surface area contributed by atoms with E-state index in [1.54, 1.807) is 4.98 Å². The number of hydrogen-bond donors (Lipinski definition) is 2. The molecule has 0 aliphatic rings. The fourth-order valence-corrected chi connectivity index (χ4v) is 3.68. The van der Waals surface area contributed by atoms with Gasteiger partial charge >= 0.3 is 27.1 Å². The zero-order valence-electron chi connectivity index (χ0n) is 16.7. The average molecular weight is 474 g/mol. The van der Waals surface area contributed by atoms with Crippen LogP contribution in [-0.2, 0) is 10.1 Å². The fourth-order valence-electron chi connectivity index (χ4n) is 2.73. The van der Waals surface area contributed by atoms with Crippen molar-refractivity contribution in [2.45, 2.75) is 11.8 Å². The number of aromatic amines is 2. The van der Waals surface area contributed by atoms with E-state index in [-0.39, 0.29) is 22.7 Å². The first kappa shape index (κ1) is 23.1. The minimum atomic E-state index is -4.35. The van der Waals surface area contributed by atoms with Crippen molar-refractivity contribution in [2.75, 3.05) is 0 Å². The Balaban J connectivity index is 1.84. The SMILES string of the molecule is Cc1ccc(S(=O)(=O)Oc2ccc(/C=C/c3[nH]c(=O)[nH]c(=O)c3[N+](=O)[O-])cc2)cc1[N+](=O)[O-]. The molecule has 0 aliphatic carbocycles. The van der Waals surface area contributed by atoms with Gasteiger partial charge in [-0.1, -0.05) is 24.3 Å². The maximum Gasteiger partial charge on any atom is 0.357 e. The summed E-state index contributed by atoms with van der Waals surface area (Å²) in [5, 5.41) is 22.1. The second kappa shape index (κ2) is 8.88. The minimum Gasteiger partial charge on any atom is -0.379 e. The van der Waals surface area contributed by atoms with Gasteiger partial charge in [-0.15, -0.1) is 0 Å². The minimum absolute atomic E-state index is 0.0917. The number of aromatic nitrogens is 2. The topological polar surface area (TPSA) is 195 Å². The van der Waals surface area contributed by atoms with Crippen LogP contribution in [0.1, 0.15) is 16.8 Å². The van der Waals surface area contributed by atoms with E-state index in [1.807, 2.05) is 0 Å². The molecule has 1 heterocycles. The predicted octanol–water partition coefficient (Wildman–Crippen LogP) is 2.13. The van der Waals surface area contributed by atoms with Gasteiger partial charge in [0.25, 0.3) is 5.69 Å². The number of rotatable bonds is 7. The molecule has 2 N–H and O–H groups in total. The summed E-state index contributed by atoms with van der Waals surface area (Å²) in [7, 11) is -4.35. The molecular weight excluding hydrogens is 460 g/mol. The average Bonchev–Trinajstić information content (AvgIpc) is 2.72. The molecule has 14 heteroatoms. The number of benzene rings is 2. The summed E-state index contributed by atoms with van der Waals surface area (Å²) in [6.45, 7) is 1.47. The molecule has 0 unspecified atom stereocenters. The van der Waals surface area contributed by atoms with Crippen LogP contribution in [0.3, 0.4) is 0 Å². The summed E-state index contributed by atoms with van der Waals surface area (Å²) in [6, 6.07) is 8.77. The first-order valence-electron chi connectivity index (χ1n) is 8.96. The van der Waals surface area contributed by atoms with E-state index in [1.165, 1.54) is 49.4 Å². The molecule has 2 aromatic carbocycles. The Hall–Kier alpha value is -4.59. The first-order chi connectivity index (χ1) is 15.5. The summed E-state index contributed by atoms with van der Waals surface area (Å²) in [5.74, 6) is -0.0917. The Morgan fingerprint density at radius 2 is 1.61 bits per heavy atom. The molecule has 13 nitrogen and oxygen atoms in total. The zero-order valence-corrected chi connectivity index (χ0v) is 17.5. The first-order valence-corrected chi connectivity index (χ1v) is 10.4. The van der Waals surface area contributed by atoms with Gasteiger partial charge in [-0.2, -0.15) is 8.42 Å². The Morgan fingerprint density at radius 3 is 2.21 bits per heavy atom. The molecule has 0 aliphatic heterocycles. The van der Waals surface area contributed by atoms with Crippen LogP contribution in [0.4, 0.5) is 11.4 Å². The van der Waals surface area contributed by atoms with E-state index in [4.69, 9.17) is 4.18 Å². The maximum absolute atomic E-state index is 12.5. The summed E-state index contributed by atoms with van der Waals surface area (Å²) in [5.41, 5.74) is -2.89. The molecule has 0 saturated carbocycles. The molecule has 1 aromatic heterocycles. The van der Waals surface area contributed by atoms with Crippen molar-refractivity contribution in [3.63, 3.8) is 0 Å². The summed E-state index contributed by atoms with van der Waals surface area (Å²) < 4.78 is 29.9. The van der Waals surface area contributed by atoms with Gasteiger partial charge in [-0.05, 0) is 36.8 Å². The van der Waals surface area contributed by atoms with Crippen molar-refractivity contribution < 1.29 is 22.4 Å². The van der Waals surface area contributed by atoms with Crippen LogP contribution < -0.4 is 15.4 Å². The number of hydrogen-bond acceptors (Lipinski definition) is 9. The van der Waals surface area contributed by atoms with Gasteiger partial charge in [-0.3, -0.25) is 30.0 Å². The maximum atomic E-state index is 12.5. The molecule has 0 atom stereocenters. The van der Waals surface area contributed by atoms with Crippen molar-refractivity contribution in [1.82, 2.24) is 9.97 Å². The van der Waals surface area contributed by atoms with Crippen LogP contribution in [0.5, 0.6) is 5.75 Å². The van der Waals surface area contributed by atoms with Crippen molar-refractivity contribution >= 4 is 33.6 Å². The van der Waals surface area contributed by atoms with Gasteiger partial charge in [0.1, 0.15) is 16.3 Å². The number of nitro groups is 2. The predicted molar refractivity (Wildman–Crippen MR) is 115 cm³/mol. The van der Waals surface area contributed by atoms with Crippen molar-refractivity contribution in [2.24, 2.45) is 0 Å². The Bertz CT molecular complexity index is 1500. The smallest absolute Gasteiger partial charge is 0.357 e. The third-order valence-electron chi connectivity index (χ3n) is 4.32. The molecule has 33 heavy (non-hydrogen) atoms. The molecule has 170 valence electrons. The van der Waals surface area contributed by atoms with Crippen LogP contribution in [0.2, 0.25) is 0 Å². The molecule has 3 aromatic rings. The highest BCUT2D eigenvalue weighted by molar-refractivity contribution is 7.87. The van der Waals surface area contributed by atoms with E-state index in [0.717, 1.165) is 12.1 Å². The van der Waals surface area contributed by atoms with E-state index >= 15 is 0 Å². The molecule has 3 rings (SSSR count). The standard InChI is InChI=1S/C19H14N4O9S/c1-11-2-8-14(10-16(11)22(26)27)33(30,31)32-13-6-3-12(4-7-13)5-9-15-17(23(28)29)18(24)21-19(25)20-15/h2-10H,1H3,(H2,20,21,24,25)/b9-5+. The largest absolute Gasteiger partial charge is 0.379 e. The number of nitro benzene ring substituents is 1. The second-order valence-corrected chi connectivity index (χ2v) is 8.12. The van der Waals surface area contributed by atoms with Crippen molar-refractivity contribution in [3.8, 4) is 5.75 Å². The van der Waals surface area contributed by atoms with Crippen LogP contribution in [0, 0.1) is 27.2 Å². The van der Waals surface area contributed by atoms with Gasteiger partial charge in [0.15, 0.2) is 0 Å². The number of nitrogens with zero attached hydrogens (tertiary/aromatic N) is 2. The number of nitrogens with one attached hydrogen (secondary N) is 2. The second-order valence-electron chi connectivity index (χ2n) is 6.57. The van der Waals surface area contributed by atoms with E-state index in [0.29, 0.717) is 5.56 Å². The Labute approximate surface area is 184 Å². The van der Waals surface area contributed by atoms with Crippen LogP contribution in [0.15, 0.2) is 56.9 Å². The van der Waals surface area contributed by atoms with Crippen LogP contribution in [-0.4, -0.2) is 28.2 Å². The highest BCUT2D eigenvalue weighted by Gasteiger charge is 2.22. The molecule has 0 fully saturated rings. The lowest BCUT2D eigenvalue weighted by Gasteiger charge is -2.08. The monoisotopic (exact) mass is 474 g/mol. The van der Waals surface area contributed by atoms with E-state index in [2.05, 4.69) is 4.98 Å². The molecule has 0 amide bonds. The Kier molecular flexibility index (Phi) is 6.21. The van der Waals surface area contributed by atoms with Crippen LogP contribution in [0.25, 0.3) is 12.2 Å². The summed E-state index contributed by atoms with van der Waals surface area (Å²) in [4.78, 5) is 47.0. The van der Waals surface area contributed by atoms with Gasteiger partial charge in [0.05, 0.1) is 9.85 Å². The van der Waals surface area contributed by atoms with Gasteiger partial charge < -0.3 is 9.17 Å². The lowest BCUT2D eigenvalue weighted by atomic mass is 10.2. The number of H-pyrrole nitrogens is 2. The number of aryl methyl sites for hydroxylation is 1. The third kappa shape index (κ3) is 5.19. The molecule has 0 saturated heterocycles. The van der Waals surface area contributed by atoms with Gasteiger partial charge in [0, 0.05) is 11.6 Å². The molecule has 0 spiro atoms. The molecular formula is C19H14N4O9S. The normalized spacial score (nSPS) is 11.4. The lowest BCUT2D eigenvalue weighted by Crippen LogP contribution is -2.25. The third-order valence-corrected chi connectivity index (χ3v) is 5.57. The Morgan fingerprint density at radius 1 is 0.939 bits per heavy atom. The van der Waals surface area contributed by atoms with E-state index in [9.17, 15) is 38.2 Å². The van der Waals surface area contributed by atoms with Crippen molar-refractivity contribution in [3.05, 3.63) is 100 Å².